The van der Waals surface area contributed by atoms with Gasteiger partial charge in [0, 0.05) is 18.9 Å². The van der Waals surface area contributed by atoms with Gasteiger partial charge in [-0.3, -0.25) is 0 Å². The van der Waals surface area contributed by atoms with E-state index in [1.165, 1.54) is 16.7 Å². The van der Waals surface area contributed by atoms with Gasteiger partial charge in [0.05, 0.1) is 6.33 Å². The lowest BCUT2D eigenvalue weighted by Gasteiger charge is -2.17. The molecule has 2 heteroatoms. The van der Waals surface area contributed by atoms with Crippen molar-refractivity contribution in [1.29, 1.82) is 0 Å². The third kappa shape index (κ3) is 3.22. The lowest BCUT2D eigenvalue weighted by atomic mass is 9.90. The summed E-state index contributed by atoms with van der Waals surface area (Å²) in [6.07, 6.45) is 6.86. The normalized spacial score (nSPS) is 12.2. The van der Waals surface area contributed by atoms with E-state index in [1.807, 2.05) is 18.7 Å². The molecule has 0 aliphatic rings. The Labute approximate surface area is 126 Å². The first-order valence-electron chi connectivity index (χ1n) is 7.44. The maximum Gasteiger partial charge on any atom is 0.0945 e. The van der Waals surface area contributed by atoms with Gasteiger partial charge in [0.25, 0.3) is 0 Å². The van der Waals surface area contributed by atoms with Gasteiger partial charge in [-0.1, -0.05) is 61.5 Å². The van der Waals surface area contributed by atoms with Crippen LogP contribution in [0.5, 0.6) is 0 Å². The molecule has 1 unspecified atom stereocenters. The molecule has 1 heterocycles. The molecule has 2 nitrogen and oxygen atoms in total. The third-order valence-corrected chi connectivity index (χ3v) is 3.96. The van der Waals surface area contributed by atoms with Gasteiger partial charge in [0.2, 0.25) is 0 Å². The molecule has 0 aliphatic carbocycles. The standard InChI is InChI=1S/C19H20N2/c1-16(11-13-21-14-12-20-15-21)18-9-5-6-10-19(18)17-7-3-2-4-8-17/h2-10,12,14-16H,11,13H2,1H3. The maximum absolute atomic E-state index is 4.10. The Balaban J connectivity index is 1.81. The number of aryl methyl sites for hydroxylation is 1. The molecule has 0 fully saturated rings. The SMILES string of the molecule is CC(CCn1ccnc1)c1ccccc1-c1ccccc1. The van der Waals surface area contributed by atoms with Crippen molar-refractivity contribution in [2.75, 3.05) is 0 Å². The van der Waals surface area contributed by atoms with Crippen molar-refractivity contribution >= 4 is 0 Å². The van der Waals surface area contributed by atoms with E-state index < -0.39 is 0 Å². The molecule has 0 saturated carbocycles. The minimum absolute atomic E-state index is 0.517. The summed E-state index contributed by atoms with van der Waals surface area (Å²) >= 11 is 0. The van der Waals surface area contributed by atoms with Gasteiger partial charge in [-0.2, -0.15) is 0 Å². The van der Waals surface area contributed by atoms with E-state index in [-0.39, 0.29) is 0 Å². The summed E-state index contributed by atoms with van der Waals surface area (Å²) in [5.74, 6) is 0.517. The lowest BCUT2D eigenvalue weighted by Crippen LogP contribution is -2.02. The molecule has 3 rings (SSSR count). The summed E-state index contributed by atoms with van der Waals surface area (Å²) in [7, 11) is 0. The van der Waals surface area contributed by atoms with Gasteiger partial charge >= 0.3 is 0 Å². The van der Waals surface area contributed by atoms with Crippen LogP contribution in [0.2, 0.25) is 0 Å². The highest BCUT2D eigenvalue weighted by Gasteiger charge is 2.11. The van der Waals surface area contributed by atoms with Crippen LogP contribution in [0.1, 0.15) is 24.8 Å². The molecule has 0 spiro atoms. The third-order valence-electron chi connectivity index (χ3n) is 3.96. The molecule has 0 aliphatic heterocycles. The zero-order valence-corrected chi connectivity index (χ0v) is 12.3. The van der Waals surface area contributed by atoms with E-state index in [0.717, 1.165) is 13.0 Å². The smallest absolute Gasteiger partial charge is 0.0945 e. The Kier molecular flexibility index (Phi) is 4.15. The van der Waals surface area contributed by atoms with Gasteiger partial charge in [0.1, 0.15) is 0 Å². The summed E-state index contributed by atoms with van der Waals surface area (Å²) in [4.78, 5) is 4.10. The van der Waals surface area contributed by atoms with Gasteiger partial charge < -0.3 is 4.57 Å². The number of hydrogen-bond donors (Lipinski definition) is 0. The molecular weight excluding hydrogens is 256 g/mol. The minimum atomic E-state index is 0.517. The van der Waals surface area contributed by atoms with E-state index in [2.05, 4.69) is 71.1 Å². The van der Waals surface area contributed by atoms with Gasteiger partial charge in [-0.25, -0.2) is 4.98 Å². The van der Waals surface area contributed by atoms with Crippen molar-refractivity contribution < 1.29 is 0 Å². The Morgan fingerprint density at radius 1 is 1.00 bits per heavy atom. The van der Waals surface area contributed by atoms with Crippen LogP contribution in [0.3, 0.4) is 0 Å². The Morgan fingerprint density at radius 2 is 1.76 bits per heavy atom. The molecule has 2 aromatic carbocycles. The fourth-order valence-electron chi connectivity index (χ4n) is 2.72. The molecule has 0 saturated heterocycles. The molecule has 1 atom stereocenters. The Morgan fingerprint density at radius 3 is 2.52 bits per heavy atom. The van der Waals surface area contributed by atoms with Crippen molar-refractivity contribution in [1.82, 2.24) is 9.55 Å². The minimum Gasteiger partial charge on any atom is -0.337 e. The van der Waals surface area contributed by atoms with Crippen molar-refractivity contribution in [3.8, 4) is 11.1 Å². The molecule has 0 N–H and O–H groups in total. The fourth-order valence-corrected chi connectivity index (χ4v) is 2.72. The Bertz CT molecular complexity index is 672. The molecule has 3 aromatic rings. The first kappa shape index (κ1) is 13.6. The molecular formula is C19H20N2. The number of benzene rings is 2. The van der Waals surface area contributed by atoms with Crippen LogP contribution in [0.4, 0.5) is 0 Å². The summed E-state index contributed by atoms with van der Waals surface area (Å²) in [5, 5.41) is 0. The predicted octanol–water partition coefficient (Wildman–Crippen LogP) is 4.74. The monoisotopic (exact) mass is 276 g/mol. The highest BCUT2D eigenvalue weighted by Crippen LogP contribution is 2.30. The zero-order chi connectivity index (χ0) is 14.5. The maximum atomic E-state index is 4.10. The number of rotatable bonds is 5. The lowest BCUT2D eigenvalue weighted by molar-refractivity contribution is 0.576. The van der Waals surface area contributed by atoms with E-state index in [9.17, 15) is 0 Å². The number of hydrogen-bond acceptors (Lipinski definition) is 1. The molecule has 1 aromatic heterocycles. The van der Waals surface area contributed by atoms with Crippen LogP contribution in [0, 0.1) is 0 Å². The molecule has 0 bridgehead atoms. The van der Waals surface area contributed by atoms with Crippen LogP contribution in [0.25, 0.3) is 11.1 Å². The fraction of sp³-hybridized carbons (Fsp3) is 0.211. The quantitative estimate of drug-likeness (QED) is 0.658. The first-order valence-corrected chi connectivity index (χ1v) is 7.44. The van der Waals surface area contributed by atoms with Gasteiger partial charge in [0.15, 0.2) is 0 Å². The van der Waals surface area contributed by atoms with Crippen molar-refractivity contribution in [2.24, 2.45) is 0 Å². The predicted molar refractivity (Wildman–Crippen MR) is 87.1 cm³/mol. The van der Waals surface area contributed by atoms with Crippen LogP contribution in [-0.4, -0.2) is 9.55 Å². The largest absolute Gasteiger partial charge is 0.337 e. The van der Waals surface area contributed by atoms with Gasteiger partial charge in [-0.05, 0) is 29.0 Å². The topological polar surface area (TPSA) is 17.8 Å². The second kappa shape index (κ2) is 6.40. The molecule has 0 radical (unpaired) electrons. The molecule has 0 amide bonds. The van der Waals surface area contributed by atoms with Crippen LogP contribution >= 0.6 is 0 Å². The van der Waals surface area contributed by atoms with E-state index >= 15 is 0 Å². The van der Waals surface area contributed by atoms with E-state index in [0.29, 0.717) is 5.92 Å². The number of imidazole rings is 1. The molecule has 106 valence electrons. The highest BCUT2D eigenvalue weighted by molar-refractivity contribution is 5.67. The summed E-state index contributed by atoms with van der Waals surface area (Å²) in [6, 6.07) is 19.4. The average Bonchev–Trinajstić information content (AvgIpc) is 3.07. The van der Waals surface area contributed by atoms with Gasteiger partial charge in [-0.15, -0.1) is 0 Å². The van der Waals surface area contributed by atoms with Crippen LogP contribution < -0.4 is 0 Å². The summed E-state index contributed by atoms with van der Waals surface area (Å²) in [5.41, 5.74) is 4.06. The number of aromatic nitrogens is 2. The number of nitrogens with zero attached hydrogens (tertiary/aromatic N) is 2. The van der Waals surface area contributed by atoms with Crippen LogP contribution in [0.15, 0.2) is 73.3 Å². The second-order valence-corrected chi connectivity index (χ2v) is 5.44. The average molecular weight is 276 g/mol. The summed E-state index contributed by atoms with van der Waals surface area (Å²) < 4.78 is 2.14. The Hall–Kier alpha value is -2.35. The summed E-state index contributed by atoms with van der Waals surface area (Å²) in [6.45, 7) is 3.31. The molecule has 21 heavy (non-hydrogen) atoms. The van der Waals surface area contributed by atoms with E-state index in [1.54, 1.807) is 0 Å². The van der Waals surface area contributed by atoms with Crippen LogP contribution in [-0.2, 0) is 6.54 Å². The van der Waals surface area contributed by atoms with Crippen molar-refractivity contribution in [3.63, 3.8) is 0 Å². The second-order valence-electron chi connectivity index (χ2n) is 5.44. The van der Waals surface area contributed by atoms with E-state index in [4.69, 9.17) is 0 Å². The van der Waals surface area contributed by atoms with Crippen molar-refractivity contribution in [3.05, 3.63) is 78.9 Å². The first-order chi connectivity index (χ1) is 10.3. The highest BCUT2D eigenvalue weighted by atomic mass is 15.0. The zero-order valence-electron chi connectivity index (χ0n) is 12.3. The van der Waals surface area contributed by atoms with Crippen molar-refractivity contribution in [2.45, 2.75) is 25.8 Å².